The Bertz CT molecular complexity index is 610. The van der Waals surface area contributed by atoms with Gasteiger partial charge < -0.3 is 5.32 Å². The Hall–Kier alpha value is -0.920. The molecule has 2 rings (SSSR count). The summed E-state index contributed by atoms with van der Waals surface area (Å²) in [5.74, 6) is 0.0169. The number of halogens is 1. The second-order valence-corrected chi connectivity index (χ2v) is 7.91. The maximum atomic E-state index is 12.5. The summed E-state index contributed by atoms with van der Waals surface area (Å²) in [4.78, 5) is 11.7. The molecule has 7 heteroatoms. The highest BCUT2D eigenvalue weighted by molar-refractivity contribution is 9.10. The first-order valence-electron chi connectivity index (χ1n) is 6.98. The van der Waals surface area contributed by atoms with Crippen LogP contribution >= 0.6 is 15.9 Å². The highest BCUT2D eigenvalue weighted by Gasteiger charge is 2.29. The predicted molar refractivity (Wildman–Crippen MR) is 84.4 cm³/mol. The fourth-order valence-corrected chi connectivity index (χ4v) is 4.41. The summed E-state index contributed by atoms with van der Waals surface area (Å²) in [7, 11) is -3.45. The van der Waals surface area contributed by atoms with Crippen molar-refractivity contribution in [3.8, 4) is 0 Å². The topological polar surface area (TPSA) is 66.5 Å². The highest BCUT2D eigenvalue weighted by atomic mass is 79.9. The number of hydrogen-bond donors (Lipinski definition) is 1. The summed E-state index contributed by atoms with van der Waals surface area (Å²) in [6.45, 7) is 2.68. The minimum atomic E-state index is -3.45. The molecular formula is C14H19BrN2O3S. The van der Waals surface area contributed by atoms with Crippen molar-refractivity contribution >= 4 is 31.9 Å². The number of sulfonamides is 1. The molecule has 0 atom stereocenters. The zero-order chi connectivity index (χ0) is 15.5. The molecule has 0 radical (unpaired) electrons. The van der Waals surface area contributed by atoms with E-state index in [4.69, 9.17) is 0 Å². The summed E-state index contributed by atoms with van der Waals surface area (Å²) in [6.07, 6.45) is 1.76. The van der Waals surface area contributed by atoms with Crippen molar-refractivity contribution in [2.45, 2.75) is 37.1 Å². The number of rotatable bonds is 4. The molecule has 21 heavy (non-hydrogen) atoms. The van der Waals surface area contributed by atoms with Gasteiger partial charge in [0.2, 0.25) is 15.9 Å². The van der Waals surface area contributed by atoms with Crippen molar-refractivity contribution in [1.82, 2.24) is 9.62 Å². The zero-order valence-electron chi connectivity index (χ0n) is 11.9. The maximum absolute atomic E-state index is 12.5. The molecule has 1 N–H and O–H groups in total. The van der Waals surface area contributed by atoms with Crippen LogP contribution in [0.1, 0.15) is 26.2 Å². The lowest BCUT2D eigenvalue weighted by Gasteiger charge is -2.31. The normalized spacial score (nSPS) is 17.6. The lowest BCUT2D eigenvalue weighted by Crippen LogP contribution is -2.46. The summed E-state index contributed by atoms with van der Waals surface area (Å²) in [6, 6.07) is 6.80. The summed E-state index contributed by atoms with van der Waals surface area (Å²) in [5.41, 5.74) is 0. The molecule has 1 heterocycles. The molecule has 0 spiro atoms. The van der Waals surface area contributed by atoms with Crippen molar-refractivity contribution in [3.05, 3.63) is 28.7 Å². The van der Waals surface area contributed by atoms with E-state index in [9.17, 15) is 13.2 Å². The van der Waals surface area contributed by atoms with E-state index in [0.717, 1.165) is 4.47 Å². The number of carbonyl (C=O) groups excluding carboxylic acids is 1. The summed E-state index contributed by atoms with van der Waals surface area (Å²) < 4.78 is 27.3. The van der Waals surface area contributed by atoms with Crippen LogP contribution in [0.3, 0.4) is 0 Å². The van der Waals surface area contributed by atoms with Crippen LogP contribution in [-0.2, 0) is 14.8 Å². The van der Waals surface area contributed by atoms with Crippen LogP contribution in [0.5, 0.6) is 0 Å². The smallest absolute Gasteiger partial charge is 0.243 e. The van der Waals surface area contributed by atoms with Gasteiger partial charge in [0.15, 0.2) is 0 Å². The molecule has 5 nitrogen and oxygen atoms in total. The Kier molecular flexibility index (Phi) is 5.40. The molecule has 0 aromatic heterocycles. The molecule has 1 aromatic carbocycles. The van der Waals surface area contributed by atoms with E-state index in [1.807, 2.05) is 6.92 Å². The van der Waals surface area contributed by atoms with Gasteiger partial charge in [0.05, 0.1) is 4.90 Å². The molecule has 1 amide bonds. The number of carbonyl (C=O) groups is 1. The van der Waals surface area contributed by atoms with E-state index >= 15 is 0 Å². The first-order valence-corrected chi connectivity index (χ1v) is 9.22. The van der Waals surface area contributed by atoms with E-state index in [1.54, 1.807) is 24.3 Å². The summed E-state index contributed by atoms with van der Waals surface area (Å²) >= 11 is 3.29. The van der Waals surface area contributed by atoms with Gasteiger partial charge in [-0.25, -0.2) is 8.42 Å². The largest absolute Gasteiger partial charge is 0.353 e. The molecule has 1 aliphatic rings. The number of hydrogen-bond acceptors (Lipinski definition) is 3. The molecule has 0 bridgehead atoms. The van der Waals surface area contributed by atoms with Crippen molar-refractivity contribution in [3.63, 3.8) is 0 Å². The minimum Gasteiger partial charge on any atom is -0.353 e. The lowest BCUT2D eigenvalue weighted by atomic mass is 10.1. The fraction of sp³-hybridized carbons (Fsp3) is 0.500. The second kappa shape index (κ2) is 6.89. The number of benzene rings is 1. The molecule has 1 saturated heterocycles. The van der Waals surface area contributed by atoms with Gasteiger partial charge in [0.1, 0.15) is 0 Å². The number of amides is 1. The van der Waals surface area contributed by atoms with Crippen molar-refractivity contribution in [2.24, 2.45) is 0 Å². The van der Waals surface area contributed by atoms with Crippen LogP contribution in [0.2, 0.25) is 0 Å². The third-order valence-electron chi connectivity index (χ3n) is 3.57. The van der Waals surface area contributed by atoms with Crippen LogP contribution in [-0.4, -0.2) is 37.8 Å². The average molecular weight is 375 g/mol. The van der Waals surface area contributed by atoms with E-state index < -0.39 is 10.0 Å². The Labute approximate surface area is 133 Å². The quantitative estimate of drug-likeness (QED) is 0.877. The van der Waals surface area contributed by atoms with Gasteiger partial charge in [-0.1, -0.05) is 28.9 Å². The molecular weight excluding hydrogens is 356 g/mol. The number of piperidine rings is 1. The van der Waals surface area contributed by atoms with E-state index in [2.05, 4.69) is 21.2 Å². The van der Waals surface area contributed by atoms with E-state index in [1.165, 1.54) is 4.31 Å². The van der Waals surface area contributed by atoms with Gasteiger partial charge in [-0.3, -0.25) is 4.79 Å². The van der Waals surface area contributed by atoms with Gasteiger partial charge in [-0.05, 0) is 31.0 Å². The number of nitrogens with one attached hydrogen (secondary N) is 1. The van der Waals surface area contributed by atoms with Gasteiger partial charge in [-0.15, -0.1) is 0 Å². The molecule has 0 saturated carbocycles. The lowest BCUT2D eigenvalue weighted by molar-refractivity contribution is -0.121. The molecule has 1 aliphatic heterocycles. The van der Waals surface area contributed by atoms with Crippen LogP contribution in [0.4, 0.5) is 0 Å². The first-order chi connectivity index (χ1) is 9.93. The van der Waals surface area contributed by atoms with Gasteiger partial charge in [0.25, 0.3) is 0 Å². The number of nitrogens with zero attached hydrogens (tertiary/aromatic N) is 1. The zero-order valence-corrected chi connectivity index (χ0v) is 14.3. The van der Waals surface area contributed by atoms with Crippen LogP contribution in [0.25, 0.3) is 0 Å². The van der Waals surface area contributed by atoms with Crippen molar-refractivity contribution in [2.75, 3.05) is 13.1 Å². The van der Waals surface area contributed by atoms with Crippen molar-refractivity contribution < 1.29 is 13.2 Å². The van der Waals surface area contributed by atoms with Crippen LogP contribution in [0, 0.1) is 0 Å². The molecule has 116 valence electrons. The monoisotopic (exact) mass is 374 g/mol. The van der Waals surface area contributed by atoms with Gasteiger partial charge in [-0.2, -0.15) is 4.31 Å². The highest BCUT2D eigenvalue weighted by Crippen LogP contribution is 2.23. The molecule has 1 aromatic rings. The fourth-order valence-electron chi connectivity index (χ4n) is 2.35. The average Bonchev–Trinajstić information content (AvgIpc) is 2.47. The van der Waals surface area contributed by atoms with Gasteiger partial charge in [0, 0.05) is 30.0 Å². The van der Waals surface area contributed by atoms with Crippen molar-refractivity contribution in [1.29, 1.82) is 0 Å². The maximum Gasteiger partial charge on any atom is 0.243 e. The van der Waals surface area contributed by atoms with Gasteiger partial charge >= 0.3 is 0 Å². The predicted octanol–water partition coefficient (Wildman–Crippen LogP) is 2.13. The third kappa shape index (κ3) is 4.05. The molecule has 0 unspecified atom stereocenters. The Morgan fingerprint density at radius 3 is 2.62 bits per heavy atom. The van der Waals surface area contributed by atoms with Crippen LogP contribution in [0.15, 0.2) is 33.6 Å². The Morgan fingerprint density at radius 2 is 2.05 bits per heavy atom. The SMILES string of the molecule is CCC(=O)NC1CCN(S(=O)(=O)c2cccc(Br)c2)CC1. The second-order valence-electron chi connectivity index (χ2n) is 5.06. The third-order valence-corrected chi connectivity index (χ3v) is 5.96. The van der Waals surface area contributed by atoms with E-state index in [0.29, 0.717) is 37.2 Å². The Morgan fingerprint density at radius 1 is 1.38 bits per heavy atom. The minimum absolute atomic E-state index is 0.0169. The van der Waals surface area contributed by atoms with E-state index in [-0.39, 0.29) is 11.9 Å². The summed E-state index contributed by atoms with van der Waals surface area (Å²) in [5, 5.41) is 2.92. The van der Waals surface area contributed by atoms with Crippen LogP contribution < -0.4 is 5.32 Å². The standard InChI is InChI=1S/C14H19BrN2O3S/c1-2-14(18)16-12-6-8-17(9-7-12)21(19,20)13-5-3-4-11(15)10-13/h3-5,10,12H,2,6-9H2,1H3,(H,16,18). The first kappa shape index (κ1) is 16.5. The molecule has 1 fully saturated rings. The Balaban J connectivity index is 2.03. The molecule has 0 aliphatic carbocycles.